The van der Waals surface area contributed by atoms with Gasteiger partial charge in [-0.1, -0.05) is 42.5 Å². The first-order valence-electron chi connectivity index (χ1n) is 8.20. The summed E-state index contributed by atoms with van der Waals surface area (Å²) in [7, 11) is 0. The number of morpholine rings is 1. The van der Waals surface area contributed by atoms with Gasteiger partial charge in [0.1, 0.15) is 6.10 Å². The van der Waals surface area contributed by atoms with E-state index >= 15 is 0 Å². The number of nitrogens with one attached hydrogen (secondary N) is 1. The number of nitrogens with zero attached hydrogens (tertiary/aromatic N) is 1. The van der Waals surface area contributed by atoms with Crippen molar-refractivity contribution in [3.05, 3.63) is 54.6 Å². The third kappa shape index (κ3) is 4.65. The Labute approximate surface area is 146 Å². The number of primary amides is 1. The van der Waals surface area contributed by atoms with Gasteiger partial charge in [-0.05, 0) is 23.3 Å². The summed E-state index contributed by atoms with van der Waals surface area (Å²) < 4.78 is 5.28. The van der Waals surface area contributed by atoms with Gasteiger partial charge in [-0.3, -0.25) is 14.5 Å². The highest BCUT2D eigenvalue weighted by molar-refractivity contribution is 5.92. The topological polar surface area (TPSA) is 84.7 Å². The van der Waals surface area contributed by atoms with Crippen LogP contribution in [0, 0.1) is 0 Å². The lowest BCUT2D eigenvalue weighted by Gasteiger charge is -2.30. The maximum atomic E-state index is 12.2. The maximum absolute atomic E-state index is 12.2. The minimum Gasteiger partial charge on any atom is -0.367 e. The second kappa shape index (κ2) is 7.92. The first-order chi connectivity index (χ1) is 12.1. The summed E-state index contributed by atoms with van der Waals surface area (Å²) >= 11 is 0. The first-order valence-corrected chi connectivity index (χ1v) is 8.20. The average molecular weight is 339 g/mol. The number of carbonyl (C=O) groups is 2. The molecule has 2 aromatic carbocycles. The van der Waals surface area contributed by atoms with Crippen LogP contribution in [-0.4, -0.2) is 49.1 Å². The van der Waals surface area contributed by atoms with Crippen molar-refractivity contribution in [3.8, 4) is 11.1 Å². The number of ether oxygens (including phenoxy) is 1. The lowest BCUT2D eigenvalue weighted by Crippen LogP contribution is -2.50. The van der Waals surface area contributed by atoms with Gasteiger partial charge in [0.05, 0.1) is 13.2 Å². The van der Waals surface area contributed by atoms with Gasteiger partial charge < -0.3 is 15.8 Å². The standard InChI is InChI=1S/C19H21N3O3/c20-19(24)17-12-22(10-11-25-17)13-18(23)21-16-8-6-15(7-9-16)14-4-2-1-3-5-14/h1-9,17H,10-13H2,(H2,20,24)(H,21,23)/t17-/m0/s1. The van der Waals surface area contributed by atoms with E-state index in [-0.39, 0.29) is 12.5 Å². The molecule has 1 heterocycles. The Morgan fingerprint density at radius 3 is 2.44 bits per heavy atom. The van der Waals surface area contributed by atoms with Gasteiger partial charge >= 0.3 is 0 Å². The van der Waals surface area contributed by atoms with E-state index in [2.05, 4.69) is 5.32 Å². The monoisotopic (exact) mass is 339 g/mol. The summed E-state index contributed by atoms with van der Waals surface area (Å²) in [6.45, 7) is 1.54. The van der Waals surface area contributed by atoms with Crippen LogP contribution in [0.15, 0.2) is 54.6 Å². The Hall–Kier alpha value is -2.70. The molecule has 1 atom stereocenters. The molecule has 1 aliphatic rings. The molecular weight excluding hydrogens is 318 g/mol. The van der Waals surface area contributed by atoms with Crippen molar-refractivity contribution < 1.29 is 14.3 Å². The lowest BCUT2D eigenvalue weighted by molar-refractivity contribution is -0.136. The number of anilines is 1. The minimum atomic E-state index is -0.647. The van der Waals surface area contributed by atoms with E-state index in [1.165, 1.54) is 0 Å². The Kier molecular flexibility index (Phi) is 5.42. The molecule has 1 fully saturated rings. The van der Waals surface area contributed by atoms with Crippen LogP contribution in [0.5, 0.6) is 0 Å². The first kappa shape index (κ1) is 17.1. The molecular formula is C19H21N3O3. The molecule has 2 amide bonds. The molecule has 3 rings (SSSR count). The van der Waals surface area contributed by atoms with Crippen LogP contribution in [0.4, 0.5) is 5.69 Å². The van der Waals surface area contributed by atoms with E-state index in [1.807, 2.05) is 59.5 Å². The van der Waals surface area contributed by atoms with Crippen molar-refractivity contribution in [2.75, 3.05) is 31.6 Å². The molecule has 25 heavy (non-hydrogen) atoms. The average Bonchev–Trinajstić information content (AvgIpc) is 2.63. The smallest absolute Gasteiger partial charge is 0.247 e. The molecule has 0 unspecified atom stereocenters. The summed E-state index contributed by atoms with van der Waals surface area (Å²) in [6, 6.07) is 17.8. The summed E-state index contributed by atoms with van der Waals surface area (Å²) in [6.07, 6.45) is -0.647. The number of benzene rings is 2. The predicted molar refractivity (Wildman–Crippen MR) is 95.9 cm³/mol. The van der Waals surface area contributed by atoms with Gasteiger partial charge in [0.25, 0.3) is 0 Å². The number of nitrogens with two attached hydrogens (primary N) is 1. The Balaban J connectivity index is 1.55. The van der Waals surface area contributed by atoms with Crippen molar-refractivity contribution in [1.29, 1.82) is 0 Å². The number of carbonyl (C=O) groups excluding carboxylic acids is 2. The van der Waals surface area contributed by atoms with E-state index in [0.717, 1.165) is 16.8 Å². The van der Waals surface area contributed by atoms with E-state index < -0.39 is 12.0 Å². The largest absolute Gasteiger partial charge is 0.367 e. The second-order valence-corrected chi connectivity index (χ2v) is 5.99. The molecule has 0 aromatic heterocycles. The van der Waals surface area contributed by atoms with E-state index in [9.17, 15) is 9.59 Å². The Bertz CT molecular complexity index is 731. The van der Waals surface area contributed by atoms with Crippen molar-refractivity contribution in [1.82, 2.24) is 4.90 Å². The van der Waals surface area contributed by atoms with Crippen molar-refractivity contribution in [2.45, 2.75) is 6.10 Å². The highest BCUT2D eigenvalue weighted by Crippen LogP contribution is 2.21. The molecule has 6 heteroatoms. The zero-order valence-electron chi connectivity index (χ0n) is 13.9. The Morgan fingerprint density at radius 1 is 1.08 bits per heavy atom. The fourth-order valence-electron chi connectivity index (χ4n) is 2.80. The number of amides is 2. The van der Waals surface area contributed by atoms with Crippen LogP contribution >= 0.6 is 0 Å². The molecule has 0 bridgehead atoms. The molecule has 2 aromatic rings. The summed E-state index contributed by atoms with van der Waals surface area (Å²) in [5.74, 6) is -0.626. The van der Waals surface area contributed by atoms with E-state index in [0.29, 0.717) is 19.7 Å². The predicted octanol–water partition coefficient (Wildman–Crippen LogP) is 1.48. The van der Waals surface area contributed by atoms with Crippen LogP contribution in [-0.2, 0) is 14.3 Å². The SMILES string of the molecule is NC(=O)[C@@H]1CN(CC(=O)Nc2ccc(-c3ccccc3)cc2)CCO1. The summed E-state index contributed by atoms with van der Waals surface area (Å²) in [5, 5.41) is 2.87. The molecule has 3 N–H and O–H groups in total. The van der Waals surface area contributed by atoms with Crippen LogP contribution in [0.2, 0.25) is 0 Å². The normalized spacial score (nSPS) is 17.8. The van der Waals surface area contributed by atoms with Gasteiger partial charge in [0, 0.05) is 18.8 Å². The van der Waals surface area contributed by atoms with E-state index in [4.69, 9.17) is 10.5 Å². The van der Waals surface area contributed by atoms with Crippen LogP contribution in [0.1, 0.15) is 0 Å². The van der Waals surface area contributed by atoms with Crippen molar-refractivity contribution >= 4 is 17.5 Å². The van der Waals surface area contributed by atoms with Crippen LogP contribution in [0.3, 0.4) is 0 Å². The van der Waals surface area contributed by atoms with Crippen LogP contribution < -0.4 is 11.1 Å². The van der Waals surface area contributed by atoms with Gasteiger partial charge in [0.15, 0.2) is 0 Å². The molecule has 0 saturated carbocycles. The highest BCUT2D eigenvalue weighted by Gasteiger charge is 2.25. The maximum Gasteiger partial charge on any atom is 0.247 e. The highest BCUT2D eigenvalue weighted by atomic mass is 16.5. The summed E-state index contributed by atoms with van der Waals surface area (Å²) in [4.78, 5) is 25.3. The zero-order chi connectivity index (χ0) is 17.6. The van der Waals surface area contributed by atoms with Crippen molar-refractivity contribution in [3.63, 3.8) is 0 Å². The quantitative estimate of drug-likeness (QED) is 0.864. The van der Waals surface area contributed by atoms with Gasteiger partial charge in [-0.25, -0.2) is 0 Å². The van der Waals surface area contributed by atoms with Gasteiger partial charge in [0.2, 0.25) is 11.8 Å². The van der Waals surface area contributed by atoms with Crippen LogP contribution in [0.25, 0.3) is 11.1 Å². The van der Waals surface area contributed by atoms with Gasteiger partial charge in [-0.2, -0.15) is 0 Å². The van der Waals surface area contributed by atoms with E-state index in [1.54, 1.807) is 0 Å². The van der Waals surface area contributed by atoms with Crippen molar-refractivity contribution in [2.24, 2.45) is 5.73 Å². The molecule has 0 spiro atoms. The second-order valence-electron chi connectivity index (χ2n) is 5.99. The Morgan fingerprint density at radius 2 is 1.76 bits per heavy atom. The third-order valence-corrected chi connectivity index (χ3v) is 4.11. The minimum absolute atomic E-state index is 0.127. The number of rotatable bonds is 5. The fourth-order valence-corrected chi connectivity index (χ4v) is 2.80. The molecule has 1 aliphatic heterocycles. The van der Waals surface area contributed by atoms with Gasteiger partial charge in [-0.15, -0.1) is 0 Å². The zero-order valence-corrected chi connectivity index (χ0v) is 13.9. The molecule has 0 aliphatic carbocycles. The molecule has 0 radical (unpaired) electrons. The summed E-state index contributed by atoms with van der Waals surface area (Å²) in [5.41, 5.74) is 8.22. The molecule has 130 valence electrons. The number of hydrogen-bond donors (Lipinski definition) is 2. The third-order valence-electron chi connectivity index (χ3n) is 4.11. The lowest BCUT2D eigenvalue weighted by atomic mass is 10.1. The number of hydrogen-bond acceptors (Lipinski definition) is 4. The fraction of sp³-hybridized carbons (Fsp3) is 0.263. The molecule has 6 nitrogen and oxygen atoms in total. The molecule has 1 saturated heterocycles.